The van der Waals surface area contributed by atoms with Gasteiger partial charge < -0.3 is 9.55 Å². The van der Waals surface area contributed by atoms with Crippen LogP contribution in [0.3, 0.4) is 0 Å². The number of rotatable bonds is 5. The van der Waals surface area contributed by atoms with Gasteiger partial charge in [-0.2, -0.15) is 0 Å². The van der Waals surface area contributed by atoms with Gasteiger partial charge in [0.05, 0.1) is 27.3 Å². The highest BCUT2D eigenvalue weighted by Crippen LogP contribution is 2.37. The average Bonchev–Trinajstić information content (AvgIpc) is 3.37. The van der Waals surface area contributed by atoms with Gasteiger partial charge in [-0.05, 0) is 35.4 Å². The SMILES string of the molecule is O=[N+]([O-])c1ccc(C(c2c[nH]cc2-c2ccc(Cl)c(Cl)c2)n2ccnc2)cc1. The molecule has 0 aliphatic rings. The zero-order chi connectivity index (χ0) is 19.7. The molecule has 6 nitrogen and oxygen atoms in total. The Bertz CT molecular complexity index is 1120. The van der Waals surface area contributed by atoms with Crippen molar-refractivity contribution in [3.63, 3.8) is 0 Å². The largest absolute Gasteiger partial charge is 0.367 e. The quantitative estimate of drug-likeness (QED) is 0.335. The fourth-order valence-electron chi connectivity index (χ4n) is 3.23. The van der Waals surface area contributed by atoms with Crippen LogP contribution >= 0.6 is 23.2 Å². The van der Waals surface area contributed by atoms with E-state index < -0.39 is 4.92 Å². The first-order valence-corrected chi connectivity index (χ1v) is 9.14. The zero-order valence-corrected chi connectivity index (χ0v) is 15.9. The number of nitro groups is 1. The molecule has 0 saturated carbocycles. The Morgan fingerprint density at radius 1 is 1.07 bits per heavy atom. The fraction of sp³-hybridized carbons (Fsp3) is 0.0500. The maximum Gasteiger partial charge on any atom is 0.269 e. The minimum absolute atomic E-state index is 0.0481. The molecule has 28 heavy (non-hydrogen) atoms. The number of H-pyrrole nitrogens is 1. The van der Waals surface area contributed by atoms with E-state index in [1.165, 1.54) is 12.1 Å². The number of aromatic amines is 1. The van der Waals surface area contributed by atoms with Gasteiger partial charge in [-0.25, -0.2) is 4.98 Å². The van der Waals surface area contributed by atoms with E-state index in [-0.39, 0.29) is 11.7 Å². The molecular formula is C20H14Cl2N4O2. The summed E-state index contributed by atoms with van der Waals surface area (Å²) in [5.41, 5.74) is 3.79. The molecule has 4 aromatic rings. The first kappa shape index (κ1) is 18.3. The smallest absolute Gasteiger partial charge is 0.269 e. The molecule has 2 heterocycles. The molecular weight excluding hydrogens is 399 g/mol. The molecule has 140 valence electrons. The van der Waals surface area contributed by atoms with Crippen LogP contribution in [0.1, 0.15) is 17.2 Å². The van der Waals surface area contributed by atoms with Crippen molar-refractivity contribution in [3.8, 4) is 11.1 Å². The maximum atomic E-state index is 11.0. The number of hydrogen-bond donors (Lipinski definition) is 1. The summed E-state index contributed by atoms with van der Waals surface area (Å²) in [5.74, 6) is 0. The van der Waals surface area contributed by atoms with E-state index in [2.05, 4.69) is 9.97 Å². The number of benzene rings is 2. The molecule has 0 aliphatic carbocycles. The lowest BCUT2D eigenvalue weighted by Gasteiger charge is -2.20. The third-order valence-electron chi connectivity index (χ3n) is 4.55. The summed E-state index contributed by atoms with van der Waals surface area (Å²) in [6.45, 7) is 0. The molecule has 0 aliphatic heterocycles. The normalized spacial score (nSPS) is 12.1. The molecule has 0 amide bonds. The van der Waals surface area contributed by atoms with Crippen LogP contribution in [0.15, 0.2) is 73.6 Å². The lowest BCUT2D eigenvalue weighted by molar-refractivity contribution is -0.384. The summed E-state index contributed by atoms with van der Waals surface area (Å²) in [7, 11) is 0. The summed E-state index contributed by atoms with van der Waals surface area (Å²) in [6, 6.07) is 11.8. The number of nitro benzene ring substituents is 1. The van der Waals surface area contributed by atoms with Crippen molar-refractivity contribution in [3.05, 3.63) is 105 Å². The molecule has 0 bridgehead atoms. The minimum Gasteiger partial charge on any atom is -0.367 e. The second-order valence-corrected chi connectivity index (χ2v) is 7.03. The summed E-state index contributed by atoms with van der Waals surface area (Å²) in [4.78, 5) is 17.9. The predicted octanol–water partition coefficient (Wildman–Crippen LogP) is 5.73. The van der Waals surface area contributed by atoms with Crippen molar-refractivity contribution in [2.24, 2.45) is 0 Å². The van der Waals surface area contributed by atoms with Crippen LogP contribution < -0.4 is 0 Å². The first-order chi connectivity index (χ1) is 13.5. The third kappa shape index (κ3) is 3.40. The molecule has 4 rings (SSSR count). The predicted molar refractivity (Wildman–Crippen MR) is 109 cm³/mol. The molecule has 1 atom stereocenters. The van der Waals surface area contributed by atoms with Crippen molar-refractivity contribution >= 4 is 28.9 Å². The molecule has 0 spiro atoms. The Kier molecular flexibility index (Phi) is 4.90. The number of hydrogen-bond acceptors (Lipinski definition) is 3. The van der Waals surface area contributed by atoms with E-state index in [1.807, 2.05) is 35.3 Å². The summed E-state index contributed by atoms with van der Waals surface area (Å²) < 4.78 is 1.95. The van der Waals surface area contributed by atoms with Crippen LogP contribution in [-0.4, -0.2) is 19.5 Å². The van der Waals surface area contributed by atoms with E-state index in [0.29, 0.717) is 10.0 Å². The Labute approximate surface area is 170 Å². The van der Waals surface area contributed by atoms with Crippen LogP contribution in [0, 0.1) is 10.1 Å². The number of halogens is 2. The Morgan fingerprint density at radius 3 is 2.50 bits per heavy atom. The molecule has 2 aromatic carbocycles. The number of nitrogens with zero attached hydrogens (tertiary/aromatic N) is 3. The van der Waals surface area contributed by atoms with Gasteiger partial charge in [0.1, 0.15) is 0 Å². The van der Waals surface area contributed by atoms with Crippen molar-refractivity contribution in [1.29, 1.82) is 0 Å². The van der Waals surface area contributed by atoms with E-state index in [4.69, 9.17) is 23.2 Å². The highest BCUT2D eigenvalue weighted by Gasteiger charge is 2.22. The number of aromatic nitrogens is 3. The lowest BCUT2D eigenvalue weighted by atomic mass is 9.94. The van der Waals surface area contributed by atoms with E-state index >= 15 is 0 Å². The average molecular weight is 413 g/mol. The molecule has 1 N–H and O–H groups in total. The summed E-state index contributed by atoms with van der Waals surface area (Å²) >= 11 is 12.3. The fourth-order valence-corrected chi connectivity index (χ4v) is 3.53. The number of nitrogens with one attached hydrogen (secondary N) is 1. The van der Waals surface area contributed by atoms with Crippen molar-refractivity contribution < 1.29 is 4.92 Å². The monoisotopic (exact) mass is 412 g/mol. The Balaban J connectivity index is 1.84. The van der Waals surface area contributed by atoms with Crippen LogP contribution in [-0.2, 0) is 0 Å². The van der Waals surface area contributed by atoms with Crippen LogP contribution in [0.4, 0.5) is 5.69 Å². The molecule has 0 fully saturated rings. The zero-order valence-electron chi connectivity index (χ0n) is 14.4. The van der Waals surface area contributed by atoms with E-state index in [0.717, 1.165) is 22.3 Å². The number of non-ortho nitro benzene ring substituents is 1. The molecule has 8 heteroatoms. The highest BCUT2D eigenvalue weighted by atomic mass is 35.5. The second-order valence-electron chi connectivity index (χ2n) is 6.21. The van der Waals surface area contributed by atoms with Gasteiger partial charge >= 0.3 is 0 Å². The van der Waals surface area contributed by atoms with E-state index in [9.17, 15) is 10.1 Å². The second kappa shape index (κ2) is 7.50. The third-order valence-corrected chi connectivity index (χ3v) is 5.28. The van der Waals surface area contributed by atoms with Crippen molar-refractivity contribution in [1.82, 2.24) is 14.5 Å². The van der Waals surface area contributed by atoms with Gasteiger partial charge in [-0.15, -0.1) is 0 Å². The molecule has 1 unspecified atom stereocenters. The van der Waals surface area contributed by atoms with Gasteiger partial charge in [0.15, 0.2) is 0 Å². The Hall–Kier alpha value is -3.09. The first-order valence-electron chi connectivity index (χ1n) is 8.38. The van der Waals surface area contributed by atoms with Crippen molar-refractivity contribution in [2.45, 2.75) is 6.04 Å². The van der Waals surface area contributed by atoms with Gasteiger partial charge in [0, 0.05) is 48.0 Å². The standard InChI is InChI=1S/C20H14Cl2N4O2/c21-18-6-3-14(9-19(18)22)16-10-24-11-17(16)20(25-8-7-23-12-25)13-1-4-15(5-2-13)26(27)28/h1-12,20,24H. The van der Waals surface area contributed by atoms with Gasteiger partial charge in [0.2, 0.25) is 0 Å². The Morgan fingerprint density at radius 2 is 1.86 bits per heavy atom. The molecule has 0 radical (unpaired) electrons. The van der Waals surface area contributed by atoms with E-state index in [1.54, 1.807) is 30.7 Å². The highest BCUT2D eigenvalue weighted by molar-refractivity contribution is 6.42. The van der Waals surface area contributed by atoms with Crippen molar-refractivity contribution in [2.75, 3.05) is 0 Å². The number of imidazole rings is 1. The lowest BCUT2D eigenvalue weighted by Crippen LogP contribution is -2.11. The van der Waals surface area contributed by atoms with Crippen LogP contribution in [0.5, 0.6) is 0 Å². The summed E-state index contributed by atoms with van der Waals surface area (Å²) in [6.07, 6.45) is 9.08. The van der Waals surface area contributed by atoms with Gasteiger partial charge in [-0.1, -0.05) is 29.3 Å². The maximum absolute atomic E-state index is 11.0. The summed E-state index contributed by atoms with van der Waals surface area (Å²) in [5, 5.41) is 12.0. The van der Waals surface area contributed by atoms with Gasteiger partial charge in [-0.3, -0.25) is 10.1 Å². The molecule has 0 saturated heterocycles. The molecule has 2 aromatic heterocycles. The van der Waals surface area contributed by atoms with Gasteiger partial charge in [0.25, 0.3) is 5.69 Å². The van der Waals surface area contributed by atoms with Crippen LogP contribution in [0.25, 0.3) is 11.1 Å². The minimum atomic E-state index is -0.409. The van der Waals surface area contributed by atoms with Crippen LogP contribution in [0.2, 0.25) is 10.0 Å². The topological polar surface area (TPSA) is 76.8 Å².